The Morgan fingerprint density at radius 2 is 1.94 bits per heavy atom. The molecule has 180 valence electrons. The molecule has 35 heavy (non-hydrogen) atoms. The average Bonchev–Trinajstić information content (AvgIpc) is 3.31. The molecule has 1 aliphatic heterocycles. The summed E-state index contributed by atoms with van der Waals surface area (Å²) in [5, 5.41) is 14.0. The number of aliphatic hydroxyl groups is 1. The number of benzene rings is 2. The molecule has 5 rings (SSSR count). The number of para-hydroxylation sites is 1. The van der Waals surface area contributed by atoms with Crippen LogP contribution in [0.25, 0.3) is 11.0 Å². The van der Waals surface area contributed by atoms with Gasteiger partial charge in [0.15, 0.2) is 5.78 Å². The van der Waals surface area contributed by atoms with Crippen LogP contribution < -0.4 is 10.1 Å². The first-order valence-corrected chi connectivity index (χ1v) is 12.0. The van der Waals surface area contributed by atoms with Crippen molar-refractivity contribution in [2.24, 2.45) is 0 Å². The highest BCUT2D eigenvalue weighted by molar-refractivity contribution is 6.37. The average molecular weight is 512 g/mol. The molecule has 3 heterocycles. The second kappa shape index (κ2) is 10.3. The van der Waals surface area contributed by atoms with Crippen LogP contribution in [0.5, 0.6) is 11.5 Å². The van der Waals surface area contributed by atoms with E-state index in [-0.39, 0.29) is 29.6 Å². The Bertz CT molecular complexity index is 1350. The van der Waals surface area contributed by atoms with Crippen LogP contribution in [-0.4, -0.2) is 46.2 Å². The number of ether oxygens (including phenoxy) is 2. The van der Waals surface area contributed by atoms with Crippen LogP contribution in [0.3, 0.4) is 0 Å². The van der Waals surface area contributed by atoms with Crippen LogP contribution >= 0.6 is 23.2 Å². The number of hydrogen-bond donors (Lipinski definition) is 3. The molecule has 0 amide bonds. The molecular weight excluding hydrogens is 489 g/mol. The minimum Gasteiger partial charge on any atom is -0.457 e. The van der Waals surface area contributed by atoms with E-state index in [1.54, 1.807) is 30.6 Å². The first-order valence-electron chi connectivity index (χ1n) is 11.2. The number of aromatic amines is 1. The molecule has 0 aliphatic carbocycles. The second-order valence-corrected chi connectivity index (χ2v) is 9.16. The first-order chi connectivity index (χ1) is 17.0. The van der Waals surface area contributed by atoms with Crippen molar-refractivity contribution in [1.29, 1.82) is 0 Å². The molecule has 3 N–H and O–H groups in total. The van der Waals surface area contributed by atoms with Crippen molar-refractivity contribution < 1.29 is 19.4 Å². The Balaban J connectivity index is 1.44. The number of aliphatic hydroxyl groups excluding tert-OH is 1. The zero-order valence-electron chi connectivity index (χ0n) is 18.6. The Hall–Kier alpha value is -3.10. The molecule has 7 nitrogen and oxygen atoms in total. The molecule has 2 aromatic heterocycles. The SMILES string of the molecule is O=C(c1ccc(Oc2ccccc2)cc1Cl)c1c[nH]c2ncc(Cl)c(N[C@@H]3CC[C@@H](CO)OC3)c12. The van der Waals surface area contributed by atoms with Crippen molar-refractivity contribution in [3.63, 3.8) is 0 Å². The number of nitrogens with one attached hydrogen (secondary N) is 2. The summed E-state index contributed by atoms with van der Waals surface area (Å²) in [6.07, 6.45) is 4.53. The molecular formula is C26H23Cl2N3O4. The predicted octanol–water partition coefficient (Wildman–Crippen LogP) is 5.84. The van der Waals surface area contributed by atoms with E-state index in [1.165, 1.54) is 0 Å². The molecule has 1 aliphatic rings. The molecule has 0 saturated carbocycles. The van der Waals surface area contributed by atoms with Gasteiger partial charge in [-0.05, 0) is 37.1 Å². The van der Waals surface area contributed by atoms with Gasteiger partial charge in [0.1, 0.15) is 17.1 Å². The summed E-state index contributed by atoms with van der Waals surface area (Å²) < 4.78 is 11.5. The number of anilines is 1. The maximum atomic E-state index is 13.6. The van der Waals surface area contributed by atoms with Gasteiger partial charge in [0.2, 0.25) is 0 Å². The van der Waals surface area contributed by atoms with Gasteiger partial charge in [0.05, 0.1) is 52.2 Å². The predicted molar refractivity (Wildman–Crippen MR) is 136 cm³/mol. The number of nitrogens with zero attached hydrogens (tertiary/aromatic N) is 1. The van der Waals surface area contributed by atoms with E-state index in [1.807, 2.05) is 30.3 Å². The van der Waals surface area contributed by atoms with E-state index in [0.717, 1.165) is 12.8 Å². The lowest BCUT2D eigenvalue weighted by molar-refractivity contribution is -0.0223. The number of carbonyl (C=O) groups is 1. The van der Waals surface area contributed by atoms with Crippen molar-refractivity contribution in [3.8, 4) is 11.5 Å². The molecule has 0 unspecified atom stereocenters. The molecule has 0 radical (unpaired) electrons. The van der Waals surface area contributed by atoms with Crippen LogP contribution in [-0.2, 0) is 4.74 Å². The fourth-order valence-electron chi connectivity index (χ4n) is 4.17. The summed E-state index contributed by atoms with van der Waals surface area (Å²) >= 11 is 13.0. The van der Waals surface area contributed by atoms with E-state index in [4.69, 9.17) is 32.7 Å². The minimum absolute atomic E-state index is 0.000618. The van der Waals surface area contributed by atoms with Crippen LogP contribution in [0, 0.1) is 0 Å². The van der Waals surface area contributed by atoms with E-state index in [9.17, 15) is 9.90 Å². The van der Waals surface area contributed by atoms with Gasteiger partial charge in [-0.15, -0.1) is 0 Å². The zero-order chi connectivity index (χ0) is 24.4. The normalized spacial score (nSPS) is 17.9. The topological polar surface area (TPSA) is 96.5 Å². The quantitative estimate of drug-likeness (QED) is 0.269. The number of H-pyrrole nitrogens is 1. The second-order valence-electron chi connectivity index (χ2n) is 8.35. The molecule has 9 heteroatoms. The van der Waals surface area contributed by atoms with Gasteiger partial charge in [-0.1, -0.05) is 41.4 Å². The van der Waals surface area contributed by atoms with Gasteiger partial charge < -0.3 is 24.9 Å². The molecule has 2 aromatic carbocycles. The monoisotopic (exact) mass is 511 g/mol. The lowest BCUT2D eigenvalue weighted by Gasteiger charge is -2.29. The zero-order valence-corrected chi connectivity index (χ0v) is 20.1. The van der Waals surface area contributed by atoms with Crippen molar-refractivity contribution in [1.82, 2.24) is 9.97 Å². The standard InChI is InChI=1S/C26H23Cl2N3O4/c27-21-10-17(35-16-4-2-1-3-5-16)8-9-19(21)25(33)20-11-29-26-23(20)24(22(28)12-30-26)31-15-6-7-18(13-32)34-14-15/h1-5,8-12,15,18,32H,6-7,13-14H2,(H2,29,30,31)/t15-,18+/m1/s1. The van der Waals surface area contributed by atoms with Crippen molar-refractivity contribution in [2.75, 3.05) is 18.5 Å². The van der Waals surface area contributed by atoms with E-state index < -0.39 is 0 Å². The van der Waals surface area contributed by atoms with Gasteiger partial charge in [-0.2, -0.15) is 0 Å². The third-order valence-electron chi connectivity index (χ3n) is 5.99. The maximum Gasteiger partial charge on any atom is 0.196 e. The first kappa shape index (κ1) is 23.6. The van der Waals surface area contributed by atoms with Crippen LogP contribution in [0.2, 0.25) is 10.0 Å². The highest BCUT2D eigenvalue weighted by atomic mass is 35.5. The largest absolute Gasteiger partial charge is 0.457 e. The summed E-state index contributed by atoms with van der Waals surface area (Å²) in [4.78, 5) is 21.0. The maximum absolute atomic E-state index is 13.6. The molecule has 2 atom stereocenters. The third-order valence-corrected chi connectivity index (χ3v) is 6.59. The number of rotatable bonds is 7. The fraction of sp³-hybridized carbons (Fsp3) is 0.231. The van der Waals surface area contributed by atoms with Gasteiger partial charge in [-0.25, -0.2) is 4.98 Å². The molecule has 0 spiro atoms. The van der Waals surface area contributed by atoms with Crippen LogP contribution in [0.15, 0.2) is 60.9 Å². The Kier molecular flexibility index (Phi) is 6.92. The van der Waals surface area contributed by atoms with E-state index in [0.29, 0.717) is 51.0 Å². The minimum atomic E-state index is -0.264. The molecule has 1 saturated heterocycles. The number of aromatic nitrogens is 2. The lowest BCUT2D eigenvalue weighted by atomic mass is 10.0. The van der Waals surface area contributed by atoms with E-state index >= 15 is 0 Å². The van der Waals surface area contributed by atoms with Crippen molar-refractivity contribution in [2.45, 2.75) is 25.0 Å². The summed E-state index contributed by atoms with van der Waals surface area (Å²) in [5.74, 6) is 0.940. The number of hydrogen-bond acceptors (Lipinski definition) is 6. The summed E-state index contributed by atoms with van der Waals surface area (Å²) in [6, 6.07) is 14.3. The summed E-state index contributed by atoms with van der Waals surface area (Å²) in [5.41, 5.74) is 1.88. The Morgan fingerprint density at radius 3 is 2.66 bits per heavy atom. The Morgan fingerprint density at radius 1 is 1.11 bits per heavy atom. The number of fused-ring (bicyclic) bond motifs is 1. The van der Waals surface area contributed by atoms with Crippen molar-refractivity contribution >= 4 is 45.7 Å². The lowest BCUT2D eigenvalue weighted by Crippen LogP contribution is -2.36. The fourth-order valence-corrected chi connectivity index (χ4v) is 4.63. The smallest absolute Gasteiger partial charge is 0.196 e. The Labute approximate surface area is 212 Å². The number of ketones is 1. The van der Waals surface area contributed by atoms with Gasteiger partial charge in [-0.3, -0.25) is 4.79 Å². The van der Waals surface area contributed by atoms with Crippen LogP contribution in [0.4, 0.5) is 5.69 Å². The highest BCUT2D eigenvalue weighted by Crippen LogP contribution is 2.36. The molecule has 0 bridgehead atoms. The summed E-state index contributed by atoms with van der Waals surface area (Å²) in [6.45, 7) is 0.424. The van der Waals surface area contributed by atoms with E-state index in [2.05, 4.69) is 15.3 Å². The summed E-state index contributed by atoms with van der Waals surface area (Å²) in [7, 11) is 0. The van der Waals surface area contributed by atoms with Gasteiger partial charge in [0.25, 0.3) is 0 Å². The van der Waals surface area contributed by atoms with Crippen molar-refractivity contribution in [3.05, 3.63) is 82.1 Å². The highest BCUT2D eigenvalue weighted by Gasteiger charge is 2.25. The van der Waals surface area contributed by atoms with Gasteiger partial charge >= 0.3 is 0 Å². The molecule has 4 aromatic rings. The van der Waals surface area contributed by atoms with Crippen LogP contribution in [0.1, 0.15) is 28.8 Å². The van der Waals surface area contributed by atoms with Gasteiger partial charge in [0, 0.05) is 23.9 Å². The number of halogens is 2. The number of pyridine rings is 1. The third kappa shape index (κ3) is 4.99. The molecule has 1 fully saturated rings. The number of carbonyl (C=O) groups excluding carboxylic acids is 1.